The van der Waals surface area contributed by atoms with E-state index in [0.717, 1.165) is 5.92 Å². The van der Waals surface area contributed by atoms with Gasteiger partial charge in [0.15, 0.2) is 0 Å². The predicted octanol–water partition coefficient (Wildman–Crippen LogP) is 3.99. The first-order valence-corrected chi connectivity index (χ1v) is 6.53. The molecule has 1 rings (SSSR count). The van der Waals surface area contributed by atoms with Gasteiger partial charge in [-0.05, 0) is 49.9 Å². The van der Waals surface area contributed by atoms with E-state index in [1.54, 1.807) is 0 Å². The predicted molar refractivity (Wildman–Crippen MR) is 77.9 cm³/mol. The van der Waals surface area contributed by atoms with Gasteiger partial charge in [-0.25, -0.2) is 0 Å². The molecule has 0 aliphatic carbocycles. The quantitative estimate of drug-likeness (QED) is 0.800. The van der Waals surface area contributed by atoms with Crippen molar-refractivity contribution in [2.45, 2.75) is 39.7 Å². The van der Waals surface area contributed by atoms with Gasteiger partial charge in [-0.15, -0.1) is 0 Å². The lowest BCUT2D eigenvalue weighted by molar-refractivity contribution is 0.528. The van der Waals surface area contributed by atoms with E-state index in [1.807, 2.05) is 0 Å². The van der Waals surface area contributed by atoms with E-state index in [0.29, 0.717) is 6.04 Å². The maximum Gasteiger partial charge on any atom is 0.0362 e. The molecule has 2 nitrogen and oxygen atoms in total. The highest BCUT2D eigenvalue weighted by molar-refractivity contribution is 5.54. The zero-order valence-electron chi connectivity index (χ0n) is 11.8. The summed E-state index contributed by atoms with van der Waals surface area (Å²) in [6.07, 6.45) is 2.51. The van der Waals surface area contributed by atoms with E-state index < -0.39 is 0 Å². The number of nitrogens with zero attached hydrogens (tertiary/aromatic N) is 1. The van der Waals surface area contributed by atoms with Gasteiger partial charge >= 0.3 is 0 Å². The van der Waals surface area contributed by atoms with Crippen molar-refractivity contribution < 1.29 is 0 Å². The SMILES string of the molecule is CC(C)CCC(C)Nc1ccc(N(C)C)cc1. The molecule has 0 bridgehead atoms. The molecule has 0 saturated carbocycles. The van der Waals surface area contributed by atoms with E-state index in [-0.39, 0.29) is 0 Å². The Morgan fingerprint density at radius 2 is 1.59 bits per heavy atom. The van der Waals surface area contributed by atoms with Crippen LogP contribution >= 0.6 is 0 Å². The average Bonchev–Trinajstić information content (AvgIpc) is 2.27. The topological polar surface area (TPSA) is 15.3 Å². The van der Waals surface area contributed by atoms with Crippen LogP contribution in [0.15, 0.2) is 24.3 Å². The minimum absolute atomic E-state index is 0.544. The van der Waals surface area contributed by atoms with Gasteiger partial charge in [-0.2, -0.15) is 0 Å². The molecular formula is C15H26N2. The van der Waals surface area contributed by atoms with Crippen LogP contribution in [0.1, 0.15) is 33.6 Å². The molecule has 0 aliphatic rings. The van der Waals surface area contributed by atoms with Crippen molar-refractivity contribution in [3.8, 4) is 0 Å². The lowest BCUT2D eigenvalue weighted by atomic mass is 10.0. The van der Waals surface area contributed by atoms with Gasteiger partial charge in [-0.3, -0.25) is 0 Å². The highest BCUT2D eigenvalue weighted by Crippen LogP contribution is 2.17. The molecule has 0 aromatic heterocycles. The molecule has 0 fully saturated rings. The Bertz CT molecular complexity index is 314. The molecule has 1 N–H and O–H groups in total. The van der Waals surface area contributed by atoms with E-state index >= 15 is 0 Å². The van der Waals surface area contributed by atoms with Crippen LogP contribution in [0.3, 0.4) is 0 Å². The maximum absolute atomic E-state index is 3.54. The largest absolute Gasteiger partial charge is 0.383 e. The third-order valence-electron chi connectivity index (χ3n) is 2.97. The number of nitrogens with one attached hydrogen (secondary N) is 1. The highest BCUT2D eigenvalue weighted by Gasteiger charge is 2.04. The van der Waals surface area contributed by atoms with Crippen LogP contribution in [0, 0.1) is 5.92 Å². The Labute approximate surface area is 106 Å². The van der Waals surface area contributed by atoms with Crippen molar-refractivity contribution in [2.75, 3.05) is 24.3 Å². The molecule has 1 atom stereocenters. The molecule has 2 heteroatoms. The Kier molecular flexibility index (Phi) is 5.33. The van der Waals surface area contributed by atoms with Crippen LogP contribution in [-0.4, -0.2) is 20.1 Å². The van der Waals surface area contributed by atoms with E-state index in [1.165, 1.54) is 24.2 Å². The van der Waals surface area contributed by atoms with Gasteiger partial charge in [0.1, 0.15) is 0 Å². The Balaban J connectivity index is 2.45. The highest BCUT2D eigenvalue weighted by atomic mass is 15.1. The smallest absolute Gasteiger partial charge is 0.0362 e. The Morgan fingerprint density at radius 3 is 2.06 bits per heavy atom. The van der Waals surface area contributed by atoms with Gasteiger partial charge in [0.2, 0.25) is 0 Å². The van der Waals surface area contributed by atoms with Crippen LogP contribution in [-0.2, 0) is 0 Å². The number of hydrogen-bond acceptors (Lipinski definition) is 2. The van der Waals surface area contributed by atoms with Crippen LogP contribution < -0.4 is 10.2 Å². The summed E-state index contributed by atoms with van der Waals surface area (Å²) >= 11 is 0. The zero-order chi connectivity index (χ0) is 12.8. The summed E-state index contributed by atoms with van der Waals surface area (Å²) in [6, 6.07) is 9.15. The lowest BCUT2D eigenvalue weighted by Crippen LogP contribution is -2.16. The van der Waals surface area contributed by atoms with Crippen LogP contribution in [0.25, 0.3) is 0 Å². The summed E-state index contributed by atoms with van der Waals surface area (Å²) in [4.78, 5) is 2.12. The van der Waals surface area contributed by atoms with Crippen molar-refractivity contribution in [1.29, 1.82) is 0 Å². The van der Waals surface area contributed by atoms with Crippen LogP contribution in [0.5, 0.6) is 0 Å². The van der Waals surface area contributed by atoms with Gasteiger partial charge in [0.25, 0.3) is 0 Å². The fourth-order valence-corrected chi connectivity index (χ4v) is 1.80. The lowest BCUT2D eigenvalue weighted by Gasteiger charge is -2.18. The molecule has 0 spiro atoms. The van der Waals surface area contributed by atoms with E-state index in [4.69, 9.17) is 0 Å². The molecule has 0 radical (unpaired) electrons. The van der Waals surface area contributed by atoms with E-state index in [2.05, 4.69) is 69.3 Å². The number of anilines is 2. The van der Waals surface area contributed by atoms with Crippen molar-refractivity contribution in [3.63, 3.8) is 0 Å². The van der Waals surface area contributed by atoms with Gasteiger partial charge < -0.3 is 10.2 Å². The fraction of sp³-hybridized carbons (Fsp3) is 0.600. The second-order valence-electron chi connectivity index (χ2n) is 5.46. The molecule has 17 heavy (non-hydrogen) atoms. The maximum atomic E-state index is 3.54. The molecule has 0 saturated heterocycles. The molecular weight excluding hydrogens is 208 g/mol. The van der Waals surface area contributed by atoms with Gasteiger partial charge in [-0.1, -0.05) is 13.8 Å². The Morgan fingerprint density at radius 1 is 1.00 bits per heavy atom. The van der Waals surface area contributed by atoms with E-state index in [9.17, 15) is 0 Å². The minimum Gasteiger partial charge on any atom is -0.383 e. The summed E-state index contributed by atoms with van der Waals surface area (Å²) in [5.41, 5.74) is 2.46. The zero-order valence-corrected chi connectivity index (χ0v) is 11.8. The first-order chi connectivity index (χ1) is 7.99. The summed E-state index contributed by atoms with van der Waals surface area (Å²) in [7, 11) is 4.13. The number of benzene rings is 1. The van der Waals surface area contributed by atoms with Gasteiger partial charge in [0, 0.05) is 31.5 Å². The van der Waals surface area contributed by atoms with Crippen LogP contribution in [0.4, 0.5) is 11.4 Å². The summed E-state index contributed by atoms with van der Waals surface area (Å²) in [5, 5.41) is 3.54. The minimum atomic E-state index is 0.544. The summed E-state index contributed by atoms with van der Waals surface area (Å²) < 4.78 is 0. The van der Waals surface area contributed by atoms with Crippen molar-refractivity contribution in [1.82, 2.24) is 0 Å². The molecule has 0 heterocycles. The monoisotopic (exact) mass is 234 g/mol. The van der Waals surface area contributed by atoms with Crippen molar-refractivity contribution >= 4 is 11.4 Å². The fourth-order valence-electron chi connectivity index (χ4n) is 1.80. The first kappa shape index (κ1) is 13.9. The van der Waals surface area contributed by atoms with Gasteiger partial charge in [0.05, 0.1) is 0 Å². The number of hydrogen-bond donors (Lipinski definition) is 1. The molecule has 1 unspecified atom stereocenters. The third kappa shape index (κ3) is 5.12. The second-order valence-corrected chi connectivity index (χ2v) is 5.46. The Hall–Kier alpha value is -1.18. The molecule has 1 aromatic carbocycles. The third-order valence-corrected chi connectivity index (χ3v) is 2.97. The van der Waals surface area contributed by atoms with Crippen molar-refractivity contribution in [2.24, 2.45) is 5.92 Å². The van der Waals surface area contributed by atoms with Crippen molar-refractivity contribution in [3.05, 3.63) is 24.3 Å². The number of rotatable bonds is 6. The van der Waals surface area contributed by atoms with Crippen LogP contribution in [0.2, 0.25) is 0 Å². The average molecular weight is 234 g/mol. The first-order valence-electron chi connectivity index (χ1n) is 6.53. The normalized spacial score (nSPS) is 12.6. The summed E-state index contributed by atoms with van der Waals surface area (Å²) in [5.74, 6) is 0.787. The summed E-state index contributed by atoms with van der Waals surface area (Å²) in [6.45, 7) is 6.80. The molecule has 0 amide bonds. The molecule has 1 aromatic rings. The second kappa shape index (κ2) is 6.53. The standard InChI is InChI=1S/C15H26N2/c1-12(2)6-7-13(3)16-14-8-10-15(11-9-14)17(4)5/h8-13,16H,6-7H2,1-5H3. The molecule has 96 valence electrons. The molecule has 0 aliphatic heterocycles.